The Morgan fingerprint density at radius 1 is 1.28 bits per heavy atom. The van der Waals surface area contributed by atoms with E-state index in [-0.39, 0.29) is 0 Å². The third-order valence-electron chi connectivity index (χ3n) is 3.49. The summed E-state index contributed by atoms with van der Waals surface area (Å²) < 4.78 is 0. The molecule has 0 amide bonds. The zero-order chi connectivity index (χ0) is 13.5. The summed E-state index contributed by atoms with van der Waals surface area (Å²) in [6.45, 7) is 2.16. The van der Waals surface area contributed by atoms with Gasteiger partial charge in [-0.3, -0.25) is 14.9 Å². The number of hydrogen-bond acceptors (Lipinski definition) is 3. The van der Waals surface area contributed by atoms with E-state index in [2.05, 4.69) is 41.2 Å². The van der Waals surface area contributed by atoms with Crippen LogP contribution in [0.2, 0.25) is 0 Å². The van der Waals surface area contributed by atoms with Gasteiger partial charge in [-0.2, -0.15) is 0 Å². The Bertz CT molecular complexity index is 353. The van der Waals surface area contributed by atoms with Crippen LogP contribution >= 0.6 is 0 Å². The summed E-state index contributed by atoms with van der Waals surface area (Å²) >= 11 is 0. The topological polar surface area (TPSA) is 40.0 Å². The lowest BCUT2D eigenvalue weighted by atomic mass is 9.96. The van der Waals surface area contributed by atoms with Crippen molar-refractivity contribution in [3.63, 3.8) is 0 Å². The first-order chi connectivity index (χ1) is 8.60. The Morgan fingerprint density at radius 2 is 1.94 bits per heavy atom. The molecule has 0 aromatic heterocycles. The minimum atomic E-state index is 0.296. The molecule has 0 saturated heterocycles. The summed E-state index contributed by atoms with van der Waals surface area (Å²) in [5, 5.41) is 3.52. The van der Waals surface area contributed by atoms with E-state index in [0.29, 0.717) is 6.04 Å². The summed E-state index contributed by atoms with van der Waals surface area (Å²) in [6.07, 6.45) is 6.70. The number of rotatable bonds is 4. The van der Waals surface area contributed by atoms with Crippen LogP contribution in [0, 0.1) is 0 Å². The Labute approximate surface area is 111 Å². The van der Waals surface area contributed by atoms with Gasteiger partial charge in [-0.05, 0) is 52.3 Å². The Morgan fingerprint density at radius 3 is 2.50 bits per heavy atom. The van der Waals surface area contributed by atoms with Crippen LogP contribution in [0.25, 0.3) is 0 Å². The van der Waals surface area contributed by atoms with Gasteiger partial charge in [0.25, 0.3) is 0 Å². The molecule has 0 spiro atoms. The molecule has 0 aromatic carbocycles. The van der Waals surface area contributed by atoms with E-state index in [1.807, 2.05) is 20.3 Å². The van der Waals surface area contributed by atoms with Gasteiger partial charge in [-0.25, -0.2) is 0 Å². The smallest absolute Gasteiger partial charge is 0.117 e. The Kier molecular flexibility index (Phi) is 6.05. The molecule has 4 heteroatoms. The third-order valence-corrected chi connectivity index (χ3v) is 3.49. The molecular formula is C14H26N4. The monoisotopic (exact) mass is 250 g/mol. The van der Waals surface area contributed by atoms with E-state index in [1.54, 1.807) is 0 Å². The predicted octanol–water partition coefficient (Wildman–Crippen LogP) is 2.08. The number of aliphatic imine (C=N–C) groups is 2. The maximum Gasteiger partial charge on any atom is 0.117 e. The van der Waals surface area contributed by atoms with Crippen LogP contribution in [0.1, 0.15) is 32.6 Å². The maximum absolute atomic E-state index is 4.38. The van der Waals surface area contributed by atoms with Gasteiger partial charge in [-0.15, -0.1) is 0 Å². The molecule has 0 aliphatic heterocycles. The second kappa shape index (κ2) is 7.31. The highest BCUT2D eigenvalue weighted by Gasteiger charge is 2.17. The van der Waals surface area contributed by atoms with Gasteiger partial charge in [0, 0.05) is 26.0 Å². The van der Waals surface area contributed by atoms with Crippen molar-refractivity contribution in [2.45, 2.75) is 38.6 Å². The summed E-state index contributed by atoms with van der Waals surface area (Å²) in [6, 6.07) is 0.296. The zero-order valence-electron chi connectivity index (χ0n) is 12.3. The number of allylic oxidation sites excluding steroid dienone is 2. The lowest BCUT2D eigenvalue weighted by molar-refractivity contribution is 0.376. The van der Waals surface area contributed by atoms with E-state index in [0.717, 1.165) is 18.7 Å². The molecule has 18 heavy (non-hydrogen) atoms. The summed E-state index contributed by atoms with van der Waals surface area (Å²) in [7, 11) is 7.82. The molecule has 0 heterocycles. The number of nitrogens with zero attached hydrogens (tertiary/aromatic N) is 3. The van der Waals surface area contributed by atoms with Crippen LogP contribution in [-0.4, -0.2) is 51.2 Å². The minimum absolute atomic E-state index is 0.296. The van der Waals surface area contributed by atoms with Crippen LogP contribution in [0.3, 0.4) is 0 Å². The van der Waals surface area contributed by atoms with Crippen LogP contribution in [-0.2, 0) is 0 Å². The molecule has 1 N–H and O–H groups in total. The van der Waals surface area contributed by atoms with Crippen LogP contribution in [0.5, 0.6) is 0 Å². The Hall–Kier alpha value is -1.16. The molecular weight excluding hydrogens is 224 g/mol. The van der Waals surface area contributed by atoms with Crippen molar-refractivity contribution in [3.8, 4) is 0 Å². The molecule has 1 aliphatic carbocycles. The van der Waals surface area contributed by atoms with Gasteiger partial charge in [0.15, 0.2) is 0 Å². The van der Waals surface area contributed by atoms with Gasteiger partial charge >= 0.3 is 0 Å². The maximum atomic E-state index is 4.38. The minimum Gasteiger partial charge on any atom is -0.346 e. The van der Waals surface area contributed by atoms with Crippen molar-refractivity contribution >= 4 is 12.1 Å². The highest BCUT2D eigenvalue weighted by atomic mass is 15.2. The van der Waals surface area contributed by atoms with E-state index in [9.17, 15) is 0 Å². The van der Waals surface area contributed by atoms with Crippen molar-refractivity contribution in [2.75, 3.05) is 28.2 Å². The highest BCUT2D eigenvalue weighted by Crippen LogP contribution is 2.22. The summed E-state index contributed by atoms with van der Waals surface area (Å²) in [4.78, 5) is 10.7. The molecule has 102 valence electrons. The van der Waals surface area contributed by atoms with Crippen LogP contribution < -0.4 is 5.32 Å². The number of amidine groups is 1. The molecule has 1 atom stereocenters. The van der Waals surface area contributed by atoms with Crippen molar-refractivity contribution in [3.05, 3.63) is 11.3 Å². The molecule has 0 unspecified atom stereocenters. The molecule has 0 saturated carbocycles. The summed E-state index contributed by atoms with van der Waals surface area (Å²) in [5.74, 6) is 1.03. The van der Waals surface area contributed by atoms with Crippen molar-refractivity contribution in [1.82, 2.24) is 10.2 Å². The van der Waals surface area contributed by atoms with Crippen molar-refractivity contribution < 1.29 is 0 Å². The van der Waals surface area contributed by atoms with Crippen LogP contribution in [0.15, 0.2) is 21.3 Å². The highest BCUT2D eigenvalue weighted by molar-refractivity contribution is 5.90. The number of nitrogens with one attached hydrogen (secondary N) is 1. The van der Waals surface area contributed by atoms with Crippen molar-refractivity contribution in [2.24, 2.45) is 9.98 Å². The standard InChI is InChI=1S/C14H26N4/c1-11(18(4)5)14(16-3)17-13-9-7-6-8-12(13)10-15-2/h10-11H,6-9H2,1-5H3,(H,16,17)/t11-/m0/s1. The summed E-state index contributed by atoms with van der Waals surface area (Å²) in [5.41, 5.74) is 2.62. The first-order valence-electron chi connectivity index (χ1n) is 6.64. The van der Waals surface area contributed by atoms with Crippen LogP contribution in [0.4, 0.5) is 0 Å². The quantitative estimate of drug-likeness (QED) is 0.613. The molecule has 0 radical (unpaired) electrons. The van der Waals surface area contributed by atoms with E-state index >= 15 is 0 Å². The van der Waals surface area contributed by atoms with Gasteiger partial charge in [0.1, 0.15) is 5.84 Å². The number of likely N-dealkylation sites (N-methyl/N-ethyl adjacent to an activating group) is 1. The van der Waals surface area contributed by atoms with Gasteiger partial charge in [0.2, 0.25) is 0 Å². The van der Waals surface area contributed by atoms with Gasteiger partial charge in [0.05, 0.1) is 6.04 Å². The Balaban J connectivity index is 2.85. The average molecular weight is 250 g/mol. The molecule has 0 fully saturated rings. The van der Waals surface area contributed by atoms with Gasteiger partial charge < -0.3 is 5.32 Å². The fourth-order valence-corrected chi connectivity index (χ4v) is 2.12. The predicted molar refractivity (Wildman–Crippen MR) is 79.6 cm³/mol. The van der Waals surface area contributed by atoms with E-state index < -0.39 is 0 Å². The third kappa shape index (κ3) is 3.95. The van der Waals surface area contributed by atoms with Crippen molar-refractivity contribution in [1.29, 1.82) is 0 Å². The van der Waals surface area contributed by atoms with Gasteiger partial charge in [-0.1, -0.05) is 0 Å². The number of hydrogen-bond donors (Lipinski definition) is 1. The first-order valence-corrected chi connectivity index (χ1v) is 6.64. The second-order valence-electron chi connectivity index (χ2n) is 4.97. The normalized spacial score (nSPS) is 19.8. The average Bonchev–Trinajstić information content (AvgIpc) is 2.37. The SMILES string of the molecule is CN=CC1=C(NC(=NC)[C@H](C)N(C)C)CCCC1. The molecule has 0 bridgehead atoms. The fraction of sp³-hybridized carbons (Fsp3) is 0.714. The zero-order valence-corrected chi connectivity index (χ0v) is 12.3. The largest absolute Gasteiger partial charge is 0.346 e. The molecule has 1 rings (SSSR count). The van der Waals surface area contributed by atoms with E-state index in [1.165, 1.54) is 24.1 Å². The molecule has 1 aliphatic rings. The molecule has 0 aromatic rings. The van der Waals surface area contributed by atoms with E-state index in [4.69, 9.17) is 0 Å². The molecule has 4 nitrogen and oxygen atoms in total. The lowest BCUT2D eigenvalue weighted by Crippen LogP contribution is -2.41. The first kappa shape index (κ1) is 14.9. The fourth-order valence-electron chi connectivity index (χ4n) is 2.12. The lowest BCUT2D eigenvalue weighted by Gasteiger charge is -2.26. The second-order valence-corrected chi connectivity index (χ2v) is 4.97.